The molecule has 0 aromatic heterocycles. The summed E-state index contributed by atoms with van der Waals surface area (Å²) in [6.45, 7) is 2.20. The van der Waals surface area contributed by atoms with Gasteiger partial charge in [0.2, 0.25) is 0 Å². The topological polar surface area (TPSA) is 9.23 Å². The van der Waals surface area contributed by atoms with Crippen molar-refractivity contribution in [2.24, 2.45) is 0 Å². The molecule has 0 spiro atoms. The molecule has 0 heterocycles. The normalized spacial score (nSPS) is 13.8. The van der Waals surface area contributed by atoms with Gasteiger partial charge in [-0.3, -0.25) is 0 Å². The highest BCUT2D eigenvalue weighted by molar-refractivity contribution is 6.18. The molecule has 0 radical (unpaired) electrons. The van der Waals surface area contributed by atoms with Crippen LogP contribution < -0.4 is 4.74 Å². The zero-order valence-corrected chi connectivity index (χ0v) is 12.9. The molecule has 20 heavy (non-hydrogen) atoms. The molecule has 0 aliphatic carbocycles. The molecular formula is C18H21ClO. The zero-order chi connectivity index (χ0) is 14.4. The van der Waals surface area contributed by atoms with E-state index in [-0.39, 0.29) is 5.41 Å². The van der Waals surface area contributed by atoms with E-state index in [1.54, 1.807) is 7.11 Å². The Labute approximate surface area is 126 Å². The lowest BCUT2D eigenvalue weighted by molar-refractivity contribution is 0.395. The van der Waals surface area contributed by atoms with Gasteiger partial charge in [0.05, 0.1) is 7.11 Å². The number of rotatable bonds is 6. The summed E-state index contributed by atoms with van der Waals surface area (Å²) in [7, 11) is 1.72. The molecule has 0 N–H and O–H groups in total. The summed E-state index contributed by atoms with van der Waals surface area (Å²) in [6.07, 6.45) is 1.89. The van der Waals surface area contributed by atoms with Crippen molar-refractivity contribution in [1.29, 1.82) is 0 Å². The van der Waals surface area contributed by atoms with E-state index in [2.05, 4.69) is 43.3 Å². The van der Waals surface area contributed by atoms with E-state index in [9.17, 15) is 0 Å². The van der Waals surface area contributed by atoms with Crippen LogP contribution in [0, 0.1) is 0 Å². The summed E-state index contributed by atoms with van der Waals surface area (Å²) >= 11 is 6.36. The minimum absolute atomic E-state index is 0.0442. The van der Waals surface area contributed by atoms with Crippen molar-refractivity contribution < 1.29 is 4.74 Å². The number of benzene rings is 2. The van der Waals surface area contributed by atoms with E-state index in [1.165, 1.54) is 11.1 Å². The monoisotopic (exact) mass is 288 g/mol. The maximum Gasteiger partial charge on any atom is 0.122 e. The van der Waals surface area contributed by atoms with Crippen molar-refractivity contribution in [2.45, 2.75) is 25.2 Å². The van der Waals surface area contributed by atoms with Crippen molar-refractivity contribution in [3.05, 3.63) is 65.7 Å². The van der Waals surface area contributed by atoms with Crippen LogP contribution in [0.2, 0.25) is 0 Å². The maximum absolute atomic E-state index is 6.36. The van der Waals surface area contributed by atoms with Gasteiger partial charge in [-0.1, -0.05) is 55.5 Å². The number of alkyl halides is 1. The molecule has 0 aliphatic heterocycles. The Morgan fingerprint density at radius 1 is 1.00 bits per heavy atom. The molecule has 0 saturated carbocycles. The minimum Gasteiger partial charge on any atom is -0.496 e. The smallest absolute Gasteiger partial charge is 0.122 e. The molecule has 106 valence electrons. The van der Waals surface area contributed by atoms with Crippen molar-refractivity contribution >= 4 is 11.6 Å². The number of ether oxygens (including phenoxy) is 1. The van der Waals surface area contributed by atoms with Gasteiger partial charge in [0.25, 0.3) is 0 Å². The number of hydrogen-bond acceptors (Lipinski definition) is 1. The Balaban J connectivity index is 2.39. The SMILES string of the molecule is CCC(CCl)(Cc1ccccc1OC)c1ccccc1. The van der Waals surface area contributed by atoms with Gasteiger partial charge in [0, 0.05) is 11.3 Å². The van der Waals surface area contributed by atoms with Crippen molar-refractivity contribution in [3.8, 4) is 5.75 Å². The zero-order valence-electron chi connectivity index (χ0n) is 12.1. The number of halogens is 1. The van der Waals surface area contributed by atoms with E-state index in [0.29, 0.717) is 5.88 Å². The van der Waals surface area contributed by atoms with E-state index < -0.39 is 0 Å². The first kappa shape index (κ1) is 14.9. The third kappa shape index (κ3) is 2.99. The molecule has 1 atom stereocenters. The average Bonchev–Trinajstić information content (AvgIpc) is 2.54. The predicted octanol–water partition coefficient (Wildman–Crippen LogP) is 4.82. The average molecular weight is 289 g/mol. The first-order valence-corrected chi connectivity index (χ1v) is 7.52. The fourth-order valence-electron chi connectivity index (χ4n) is 2.66. The highest BCUT2D eigenvalue weighted by Gasteiger charge is 2.30. The number of para-hydroxylation sites is 1. The second-order valence-electron chi connectivity index (χ2n) is 5.12. The molecule has 0 bridgehead atoms. The number of methoxy groups -OCH3 is 1. The lowest BCUT2D eigenvalue weighted by atomic mass is 9.75. The molecule has 0 saturated heterocycles. The largest absolute Gasteiger partial charge is 0.496 e. The van der Waals surface area contributed by atoms with E-state index in [0.717, 1.165) is 18.6 Å². The first-order chi connectivity index (χ1) is 9.75. The Bertz CT molecular complexity index is 532. The predicted molar refractivity (Wildman–Crippen MR) is 85.8 cm³/mol. The molecule has 2 heteroatoms. The third-order valence-corrected chi connectivity index (χ3v) is 4.55. The van der Waals surface area contributed by atoms with Crippen molar-refractivity contribution in [2.75, 3.05) is 13.0 Å². The maximum atomic E-state index is 6.36. The van der Waals surface area contributed by atoms with Gasteiger partial charge in [0.15, 0.2) is 0 Å². The van der Waals surface area contributed by atoms with Crippen molar-refractivity contribution in [3.63, 3.8) is 0 Å². The third-order valence-electron chi connectivity index (χ3n) is 4.04. The van der Waals surface area contributed by atoms with Gasteiger partial charge in [-0.15, -0.1) is 11.6 Å². The lowest BCUT2D eigenvalue weighted by Crippen LogP contribution is -2.30. The summed E-state index contributed by atoms with van der Waals surface area (Å²) in [6, 6.07) is 18.7. The van der Waals surface area contributed by atoms with Crippen LogP contribution in [0.1, 0.15) is 24.5 Å². The fourth-order valence-corrected chi connectivity index (χ4v) is 3.09. The Hall–Kier alpha value is -1.47. The molecule has 0 fully saturated rings. The van der Waals surface area contributed by atoms with Crippen LogP contribution in [0.15, 0.2) is 54.6 Å². The molecular weight excluding hydrogens is 268 g/mol. The van der Waals surface area contributed by atoms with Crippen LogP contribution in [-0.4, -0.2) is 13.0 Å². The molecule has 0 aliphatic rings. The second kappa shape index (κ2) is 6.81. The molecule has 2 aromatic carbocycles. The summed E-state index contributed by atoms with van der Waals surface area (Å²) < 4.78 is 5.47. The van der Waals surface area contributed by atoms with Crippen LogP contribution in [0.3, 0.4) is 0 Å². The highest BCUT2D eigenvalue weighted by atomic mass is 35.5. The minimum atomic E-state index is -0.0442. The van der Waals surface area contributed by atoms with Gasteiger partial charge < -0.3 is 4.74 Å². The van der Waals surface area contributed by atoms with Gasteiger partial charge in [-0.05, 0) is 30.0 Å². The number of hydrogen-bond donors (Lipinski definition) is 0. The quantitative estimate of drug-likeness (QED) is 0.692. The highest BCUT2D eigenvalue weighted by Crippen LogP contribution is 2.35. The van der Waals surface area contributed by atoms with Crippen LogP contribution in [-0.2, 0) is 11.8 Å². The summed E-state index contributed by atoms with van der Waals surface area (Å²) in [5.74, 6) is 1.54. The van der Waals surface area contributed by atoms with E-state index in [1.807, 2.05) is 18.2 Å². The molecule has 2 aromatic rings. The van der Waals surface area contributed by atoms with Gasteiger partial charge >= 0.3 is 0 Å². The summed E-state index contributed by atoms with van der Waals surface area (Å²) in [5, 5.41) is 0. The molecule has 1 unspecified atom stereocenters. The summed E-state index contributed by atoms with van der Waals surface area (Å²) in [4.78, 5) is 0. The van der Waals surface area contributed by atoms with Crippen LogP contribution in [0.5, 0.6) is 5.75 Å². The fraction of sp³-hybridized carbons (Fsp3) is 0.333. The Kier molecular flexibility index (Phi) is 5.08. The Morgan fingerprint density at radius 3 is 2.25 bits per heavy atom. The van der Waals surface area contributed by atoms with Crippen LogP contribution in [0.25, 0.3) is 0 Å². The van der Waals surface area contributed by atoms with Gasteiger partial charge in [0.1, 0.15) is 5.75 Å². The second-order valence-corrected chi connectivity index (χ2v) is 5.39. The standard InChI is InChI=1S/C18H21ClO/c1-3-18(14-19,16-10-5-4-6-11-16)13-15-9-7-8-12-17(15)20-2/h4-12H,3,13-14H2,1-2H3. The van der Waals surface area contributed by atoms with Gasteiger partial charge in [-0.2, -0.15) is 0 Å². The van der Waals surface area contributed by atoms with Crippen molar-refractivity contribution in [1.82, 2.24) is 0 Å². The molecule has 2 rings (SSSR count). The van der Waals surface area contributed by atoms with E-state index in [4.69, 9.17) is 16.3 Å². The van der Waals surface area contributed by atoms with Crippen LogP contribution >= 0.6 is 11.6 Å². The van der Waals surface area contributed by atoms with E-state index >= 15 is 0 Å². The van der Waals surface area contributed by atoms with Crippen LogP contribution in [0.4, 0.5) is 0 Å². The Morgan fingerprint density at radius 2 is 1.65 bits per heavy atom. The molecule has 1 nitrogen and oxygen atoms in total. The molecule has 0 amide bonds. The first-order valence-electron chi connectivity index (χ1n) is 6.99. The summed E-state index contributed by atoms with van der Waals surface area (Å²) in [5.41, 5.74) is 2.46. The lowest BCUT2D eigenvalue weighted by Gasteiger charge is -2.32. The van der Waals surface area contributed by atoms with Gasteiger partial charge in [-0.25, -0.2) is 0 Å².